The Hall–Kier alpha value is -3.40. The van der Waals surface area contributed by atoms with E-state index in [1.165, 1.54) is 28.1 Å². The Morgan fingerprint density at radius 3 is 2.25 bits per heavy atom. The number of nitrogens with zero attached hydrogens (tertiary/aromatic N) is 8. The third-order valence-electron chi connectivity index (χ3n) is 7.20. The average Bonchev–Trinajstić information content (AvgIpc) is 3.72. The number of imidazole rings is 2. The smallest absolute Gasteiger partial charge is 0.386 e. The zero-order chi connectivity index (χ0) is 31.0. The summed E-state index contributed by atoms with van der Waals surface area (Å²) in [6.45, 7) is -1.25. The molecule has 3 fully saturated rings. The van der Waals surface area contributed by atoms with Gasteiger partial charge in [-0.1, -0.05) is 0 Å². The van der Waals surface area contributed by atoms with Gasteiger partial charge in [0.1, 0.15) is 41.8 Å². The van der Waals surface area contributed by atoms with Crippen LogP contribution in [-0.4, -0.2) is 97.7 Å². The molecule has 9 unspecified atom stereocenters. The van der Waals surface area contributed by atoms with Crippen LogP contribution in [-0.2, 0) is 36.7 Å². The first-order chi connectivity index (χ1) is 20.9. The summed E-state index contributed by atoms with van der Waals surface area (Å²) in [7, 11) is -9.79. The molecule has 7 heterocycles. The number of nitrogens with two attached hydrogens (primary N) is 3. The van der Waals surface area contributed by atoms with Gasteiger partial charge in [0.05, 0.1) is 32.0 Å². The molecular formula is C20H25N11O11P2. The highest BCUT2D eigenvalue weighted by Gasteiger charge is 2.51. The Kier molecular flexibility index (Phi) is 7.06. The summed E-state index contributed by atoms with van der Waals surface area (Å²) in [4.78, 5) is 45.5. The molecule has 4 aromatic heterocycles. The molecule has 2 bridgehead atoms. The molecule has 0 spiro atoms. The number of hydrogen-bond donors (Lipinski definition) is 6. The summed E-state index contributed by atoms with van der Waals surface area (Å²) in [5.41, 5.74) is 18.2. The minimum atomic E-state index is -4.91. The lowest BCUT2D eigenvalue weighted by molar-refractivity contribution is -0.0670. The van der Waals surface area contributed by atoms with E-state index in [0.717, 1.165) is 0 Å². The minimum Gasteiger partial charge on any atom is -0.386 e. The number of aliphatic hydroxyl groups excluding tert-OH is 1. The SMILES string of the molecule is Nc1nc(N)c2ncn(C3OC4COP(=O)(O)OC5C(COP(=O)(O)OC3C4)OC(n3cnc4c(N)ncnc43)C5O)c2n1. The van der Waals surface area contributed by atoms with E-state index in [2.05, 4.69) is 29.9 Å². The van der Waals surface area contributed by atoms with E-state index in [1.54, 1.807) is 0 Å². The predicted molar refractivity (Wildman–Crippen MR) is 144 cm³/mol. The Morgan fingerprint density at radius 2 is 1.48 bits per heavy atom. The molecule has 0 aromatic carbocycles. The van der Waals surface area contributed by atoms with Crippen LogP contribution in [0.5, 0.6) is 0 Å². The van der Waals surface area contributed by atoms with Crippen molar-refractivity contribution in [1.82, 2.24) is 39.0 Å². The fourth-order valence-corrected chi connectivity index (χ4v) is 7.22. The number of phosphoric ester groups is 2. The Bertz CT molecular complexity index is 1840. The molecule has 0 amide bonds. The van der Waals surface area contributed by atoms with Crippen LogP contribution in [0.1, 0.15) is 18.9 Å². The molecule has 0 radical (unpaired) electrons. The molecule has 4 aromatic rings. The molecule has 3 aliphatic rings. The Labute approximate surface area is 245 Å². The van der Waals surface area contributed by atoms with Crippen molar-refractivity contribution in [2.45, 2.75) is 49.4 Å². The van der Waals surface area contributed by atoms with Crippen LogP contribution < -0.4 is 17.2 Å². The number of hydrogen-bond acceptors (Lipinski definition) is 18. The third kappa shape index (κ3) is 5.18. The molecule has 0 saturated carbocycles. The summed E-state index contributed by atoms with van der Waals surface area (Å²) in [5.74, 6) is -0.104. The molecule has 3 saturated heterocycles. The highest BCUT2D eigenvalue weighted by Crippen LogP contribution is 2.53. The van der Waals surface area contributed by atoms with Crippen molar-refractivity contribution in [3.8, 4) is 0 Å². The molecule has 9 N–H and O–H groups in total. The van der Waals surface area contributed by atoms with Gasteiger partial charge in [0.15, 0.2) is 35.4 Å². The second-order valence-corrected chi connectivity index (χ2v) is 12.9. The quantitative estimate of drug-likeness (QED) is 0.140. The van der Waals surface area contributed by atoms with E-state index >= 15 is 0 Å². The van der Waals surface area contributed by atoms with Crippen molar-refractivity contribution < 1.29 is 51.6 Å². The fraction of sp³-hybridized carbons (Fsp3) is 0.500. The first kappa shape index (κ1) is 29.3. The van der Waals surface area contributed by atoms with E-state index in [-0.39, 0.29) is 46.3 Å². The summed E-state index contributed by atoms with van der Waals surface area (Å²) in [6, 6.07) is 0. The van der Waals surface area contributed by atoms with Crippen molar-refractivity contribution in [2.24, 2.45) is 0 Å². The summed E-state index contributed by atoms with van der Waals surface area (Å²) in [6.07, 6.45) is -5.58. The van der Waals surface area contributed by atoms with Crippen molar-refractivity contribution in [3.63, 3.8) is 0 Å². The average molecular weight is 657 g/mol. The topological polar surface area (TPSA) is 315 Å². The summed E-state index contributed by atoms with van der Waals surface area (Å²) in [5, 5.41) is 11.1. The van der Waals surface area contributed by atoms with Crippen LogP contribution in [0.4, 0.5) is 17.6 Å². The maximum absolute atomic E-state index is 13.2. The summed E-state index contributed by atoms with van der Waals surface area (Å²) >= 11 is 0. The Balaban J connectivity index is 1.18. The number of aromatic nitrogens is 8. The first-order valence-electron chi connectivity index (χ1n) is 12.9. The van der Waals surface area contributed by atoms with Gasteiger partial charge < -0.3 is 41.6 Å². The Morgan fingerprint density at radius 1 is 0.795 bits per heavy atom. The molecule has 7 rings (SSSR count). The van der Waals surface area contributed by atoms with Crippen molar-refractivity contribution in [2.75, 3.05) is 30.4 Å². The van der Waals surface area contributed by atoms with Gasteiger partial charge in [0, 0.05) is 6.42 Å². The van der Waals surface area contributed by atoms with Crippen LogP contribution in [0.25, 0.3) is 22.3 Å². The van der Waals surface area contributed by atoms with E-state index in [1.807, 2.05) is 0 Å². The highest BCUT2D eigenvalue weighted by molar-refractivity contribution is 7.47. The number of rotatable bonds is 2. The van der Waals surface area contributed by atoms with Crippen molar-refractivity contribution >= 4 is 55.6 Å². The van der Waals surface area contributed by atoms with E-state index in [9.17, 15) is 24.0 Å². The van der Waals surface area contributed by atoms with Crippen LogP contribution in [0.2, 0.25) is 0 Å². The largest absolute Gasteiger partial charge is 0.472 e. The zero-order valence-electron chi connectivity index (χ0n) is 22.2. The number of nitrogen functional groups attached to an aromatic ring is 3. The van der Waals surface area contributed by atoms with Gasteiger partial charge in [-0.25, -0.2) is 29.1 Å². The van der Waals surface area contributed by atoms with Gasteiger partial charge in [0.25, 0.3) is 0 Å². The van der Waals surface area contributed by atoms with Gasteiger partial charge in [0.2, 0.25) is 5.95 Å². The van der Waals surface area contributed by atoms with E-state index in [0.29, 0.717) is 0 Å². The molecule has 24 heteroatoms. The predicted octanol–water partition coefficient (Wildman–Crippen LogP) is -1.02. The normalized spacial score (nSPS) is 36.6. The molecule has 0 aliphatic carbocycles. The number of phosphoric acid groups is 2. The van der Waals surface area contributed by atoms with E-state index < -0.39 is 71.8 Å². The first-order valence-corrected chi connectivity index (χ1v) is 15.9. The van der Waals surface area contributed by atoms with Gasteiger partial charge in [-0.15, -0.1) is 0 Å². The number of anilines is 3. The van der Waals surface area contributed by atoms with Crippen LogP contribution >= 0.6 is 15.6 Å². The minimum absolute atomic E-state index is 0.00973. The monoisotopic (exact) mass is 657 g/mol. The maximum atomic E-state index is 13.2. The van der Waals surface area contributed by atoms with Crippen molar-refractivity contribution in [3.05, 3.63) is 19.0 Å². The lowest BCUT2D eigenvalue weighted by atomic mass is 10.1. The molecule has 3 aliphatic heterocycles. The molecular weight excluding hydrogens is 632 g/mol. The molecule has 22 nitrogen and oxygen atoms in total. The second-order valence-electron chi connectivity index (χ2n) is 10.1. The van der Waals surface area contributed by atoms with Crippen molar-refractivity contribution in [1.29, 1.82) is 0 Å². The number of fused-ring (bicyclic) bond motifs is 5. The van der Waals surface area contributed by atoms with Gasteiger partial charge in [-0.3, -0.25) is 27.2 Å². The lowest BCUT2D eigenvalue weighted by Crippen LogP contribution is -2.36. The third-order valence-corrected chi connectivity index (χ3v) is 9.20. The molecule has 44 heavy (non-hydrogen) atoms. The fourth-order valence-electron chi connectivity index (χ4n) is 5.31. The summed E-state index contributed by atoms with van der Waals surface area (Å²) < 4.78 is 62.0. The van der Waals surface area contributed by atoms with E-state index in [4.69, 9.17) is 44.8 Å². The standard InChI is InChI=1S/C20H25N11O11P2/c21-14-10-16(25-4-24-14)30(5-26-10)19-12(32)13-9(40-19)3-38-43(33,34)41-8-1-7(2-37-44(35,36)42-13)39-18(8)31-6-27-11-15(22)28-20(23)29-17(11)31/h4-9,12-13,18-19,32H,1-3H2,(H,33,34)(H,35,36)(H2,21,24,25)(H4,22,23,28,29). The number of ether oxygens (including phenoxy) is 2. The second kappa shape index (κ2) is 10.6. The number of aliphatic hydroxyl groups is 1. The highest BCUT2D eigenvalue weighted by atomic mass is 31.2. The molecule has 9 atom stereocenters. The van der Waals surface area contributed by atoms with Gasteiger partial charge >= 0.3 is 15.6 Å². The van der Waals surface area contributed by atoms with Gasteiger partial charge in [-0.05, 0) is 0 Å². The lowest BCUT2D eigenvalue weighted by Gasteiger charge is -2.25. The van der Waals surface area contributed by atoms with Crippen LogP contribution in [0.3, 0.4) is 0 Å². The zero-order valence-corrected chi connectivity index (χ0v) is 24.0. The maximum Gasteiger partial charge on any atom is 0.472 e. The van der Waals surface area contributed by atoms with Crippen LogP contribution in [0, 0.1) is 0 Å². The van der Waals surface area contributed by atoms with Crippen LogP contribution in [0.15, 0.2) is 19.0 Å². The van der Waals surface area contributed by atoms with Gasteiger partial charge in [-0.2, -0.15) is 9.97 Å². The molecule has 236 valence electrons.